The van der Waals surface area contributed by atoms with Gasteiger partial charge >= 0.3 is 0 Å². The molecule has 1 amide bonds. The summed E-state index contributed by atoms with van der Waals surface area (Å²) in [6.45, 7) is 3.56. The van der Waals surface area contributed by atoms with Crippen LogP contribution in [0.15, 0.2) is 42.7 Å². The summed E-state index contributed by atoms with van der Waals surface area (Å²) in [4.78, 5) is 19.8. The zero-order valence-corrected chi connectivity index (χ0v) is 11.5. The second kappa shape index (κ2) is 5.79. The minimum absolute atomic E-state index is 0.110. The third-order valence-electron chi connectivity index (χ3n) is 3.03. The van der Waals surface area contributed by atoms with Crippen LogP contribution in [0.2, 0.25) is 0 Å². The zero-order chi connectivity index (χ0) is 14.6. The van der Waals surface area contributed by atoms with Crippen LogP contribution in [0.4, 0.5) is 0 Å². The van der Waals surface area contributed by atoms with Crippen LogP contribution < -0.4 is 5.32 Å². The molecular formula is C15H17N3O2. The minimum atomic E-state index is -1.13. The minimum Gasteiger partial charge on any atom is -0.384 e. The molecule has 2 aromatic rings. The molecule has 0 radical (unpaired) electrons. The van der Waals surface area contributed by atoms with Gasteiger partial charge in [-0.05, 0) is 25.5 Å². The van der Waals surface area contributed by atoms with E-state index >= 15 is 0 Å². The number of aromatic nitrogens is 2. The fourth-order valence-electron chi connectivity index (χ4n) is 1.82. The molecule has 0 spiro atoms. The highest BCUT2D eigenvalue weighted by molar-refractivity contribution is 5.92. The van der Waals surface area contributed by atoms with Crippen LogP contribution in [0.5, 0.6) is 0 Å². The standard InChI is InChI=1S/C15H17N3O2/c1-11-8-13(18-10-17-11)14(19)16-9-15(2,20)12-6-4-3-5-7-12/h3-8,10,20H,9H2,1-2H3,(H,16,19). The average Bonchev–Trinajstić information content (AvgIpc) is 2.46. The van der Waals surface area contributed by atoms with Crippen LogP contribution in [-0.2, 0) is 5.60 Å². The number of rotatable bonds is 4. The van der Waals surface area contributed by atoms with Gasteiger partial charge in [0.25, 0.3) is 5.91 Å². The van der Waals surface area contributed by atoms with Gasteiger partial charge in [-0.25, -0.2) is 9.97 Å². The van der Waals surface area contributed by atoms with Crippen molar-refractivity contribution in [2.24, 2.45) is 0 Å². The number of hydrogen-bond donors (Lipinski definition) is 2. The number of aliphatic hydroxyl groups is 1. The molecule has 2 rings (SSSR count). The summed E-state index contributed by atoms with van der Waals surface area (Å²) in [5.74, 6) is -0.327. The molecule has 2 N–H and O–H groups in total. The van der Waals surface area contributed by atoms with Crippen molar-refractivity contribution in [2.75, 3.05) is 6.54 Å². The lowest BCUT2D eigenvalue weighted by Crippen LogP contribution is -2.38. The maximum atomic E-state index is 12.0. The van der Waals surface area contributed by atoms with Gasteiger partial charge in [-0.3, -0.25) is 4.79 Å². The number of carbonyl (C=O) groups excluding carboxylic acids is 1. The molecule has 1 atom stereocenters. The predicted octanol–water partition coefficient (Wildman–Crippen LogP) is 1.42. The van der Waals surface area contributed by atoms with Crippen LogP contribution in [-0.4, -0.2) is 27.5 Å². The molecule has 5 heteroatoms. The lowest BCUT2D eigenvalue weighted by molar-refractivity contribution is 0.0525. The summed E-state index contributed by atoms with van der Waals surface area (Å²) in [6, 6.07) is 10.8. The molecule has 20 heavy (non-hydrogen) atoms. The van der Waals surface area contributed by atoms with Gasteiger partial charge in [-0.15, -0.1) is 0 Å². The van der Waals surface area contributed by atoms with Gasteiger partial charge in [0.1, 0.15) is 17.6 Å². The van der Waals surface area contributed by atoms with E-state index < -0.39 is 5.60 Å². The quantitative estimate of drug-likeness (QED) is 0.882. The second-order valence-electron chi connectivity index (χ2n) is 4.87. The highest BCUT2D eigenvalue weighted by atomic mass is 16.3. The van der Waals surface area contributed by atoms with Crippen molar-refractivity contribution in [1.82, 2.24) is 15.3 Å². The van der Waals surface area contributed by atoms with Crippen molar-refractivity contribution in [3.63, 3.8) is 0 Å². The molecule has 104 valence electrons. The summed E-state index contributed by atoms with van der Waals surface area (Å²) in [5.41, 5.74) is 0.638. The van der Waals surface area contributed by atoms with Crippen molar-refractivity contribution >= 4 is 5.91 Å². The first-order valence-electron chi connectivity index (χ1n) is 6.34. The first kappa shape index (κ1) is 14.1. The molecule has 0 aliphatic carbocycles. The molecule has 0 saturated heterocycles. The van der Waals surface area contributed by atoms with Gasteiger partial charge in [0.15, 0.2) is 0 Å². The summed E-state index contributed by atoms with van der Waals surface area (Å²) in [6.07, 6.45) is 1.35. The molecule has 1 unspecified atom stereocenters. The van der Waals surface area contributed by atoms with Crippen LogP contribution in [0.3, 0.4) is 0 Å². The molecule has 0 saturated carbocycles. The molecule has 1 aromatic heterocycles. The first-order valence-corrected chi connectivity index (χ1v) is 6.34. The fraction of sp³-hybridized carbons (Fsp3) is 0.267. The summed E-state index contributed by atoms with van der Waals surface area (Å²) in [5, 5.41) is 13.1. The van der Waals surface area contributed by atoms with E-state index in [1.807, 2.05) is 30.3 Å². The second-order valence-corrected chi connectivity index (χ2v) is 4.87. The van der Waals surface area contributed by atoms with E-state index in [0.29, 0.717) is 5.69 Å². The Balaban J connectivity index is 2.03. The van der Waals surface area contributed by atoms with E-state index in [9.17, 15) is 9.90 Å². The normalized spacial score (nSPS) is 13.6. The van der Waals surface area contributed by atoms with Gasteiger partial charge in [-0.2, -0.15) is 0 Å². The topological polar surface area (TPSA) is 75.1 Å². The lowest BCUT2D eigenvalue weighted by Gasteiger charge is -2.24. The smallest absolute Gasteiger partial charge is 0.270 e. The molecule has 0 fully saturated rings. The van der Waals surface area contributed by atoms with Crippen molar-refractivity contribution in [2.45, 2.75) is 19.4 Å². The summed E-state index contributed by atoms with van der Waals surface area (Å²) < 4.78 is 0. The highest BCUT2D eigenvalue weighted by Gasteiger charge is 2.23. The van der Waals surface area contributed by atoms with Crippen LogP contribution >= 0.6 is 0 Å². The maximum Gasteiger partial charge on any atom is 0.270 e. The SMILES string of the molecule is Cc1cc(C(=O)NCC(C)(O)c2ccccc2)ncn1. The van der Waals surface area contributed by atoms with E-state index in [1.54, 1.807) is 19.9 Å². The largest absolute Gasteiger partial charge is 0.384 e. The van der Waals surface area contributed by atoms with Gasteiger partial charge in [0, 0.05) is 5.69 Å². The van der Waals surface area contributed by atoms with Crippen molar-refractivity contribution < 1.29 is 9.90 Å². The Hall–Kier alpha value is -2.27. The van der Waals surface area contributed by atoms with E-state index in [4.69, 9.17) is 0 Å². The van der Waals surface area contributed by atoms with Crippen molar-refractivity contribution in [3.05, 3.63) is 59.7 Å². The predicted molar refractivity (Wildman–Crippen MR) is 75.1 cm³/mol. The van der Waals surface area contributed by atoms with Gasteiger partial charge < -0.3 is 10.4 Å². The molecule has 0 bridgehead atoms. The molecule has 0 aliphatic rings. The Morgan fingerprint density at radius 3 is 2.65 bits per heavy atom. The van der Waals surface area contributed by atoms with Crippen LogP contribution in [0.25, 0.3) is 0 Å². The monoisotopic (exact) mass is 271 g/mol. The highest BCUT2D eigenvalue weighted by Crippen LogP contribution is 2.18. The Bertz CT molecular complexity index is 597. The Morgan fingerprint density at radius 1 is 1.30 bits per heavy atom. The van der Waals surface area contributed by atoms with Crippen LogP contribution in [0.1, 0.15) is 28.7 Å². The van der Waals surface area contributed by atoms with Crippen molar-refractivity contribution in [1.29, 1.82) is 0 Å². The number of hydrogen-bond acceptors (Lipinski definition) is 4. The number of nitrogens with one attached hydrogen (secondary N) is 1. The number of aryl methyl sites for hydroxylation is 1. The molecule has 1 aromatic carbocycles. The van der Waals surface area contributed by atoms with Gasteiger partial charge in [0.05, 0.1) is 6.54 Å². The number of carbonyl (C=O) groups is 1. The Morgan fingerprint density at radius 2 is 2.00 bits per heavy atom. The molecule has 1 heterocycles. The number of amides is 1. The number of benzene rings is 1. The van der Waals surface area contributed by atoms with Gasteiger partial charge in [-0.1, -0.05) is 30.3 Å². The van der Waals surface area contributed by atoms with Crippen molar-refractivity contribution in [3.8, 4) is 0 Å². The third-order valence-corrected chi connectivity index (χ3v) is 3.03. The lowest BCUT2D eigenvalue weighted by atomic mass is 9.96. The maximum absolute atomic E-state index is 12.0. The molecule has 5 nitrogen and oxygen atoms in total. The van der Waals surface area contributed by atoms with E-state index in [1.165, 1.54) is 6.33 Å². The average molecular weight is 271 g/mol. The first-order chi connectivity index (χ1) is 9.49. The van der Waals surface area contributed by atoms with Gasteiger partial charge in [0.2, 0.25) is 0 Å². The summed E-state index contributed by atoms with van der Waals surface area (Å²) in [7, 11) is 0. The van der Waals surface area contributed by atoms with Crippen LogP contribution in [0, 0.1) is 6.92 Å². The summed E-state index contributed by atoms with van der Waals surface area (Å²) >= 11 is 0. The third kappa shape index (κ3) is 3.39. The molecule has 0 aliphatic heterocycles. The van der Waals surface area contributed by atoms with E-state index in [-0.39, 0.29) is 12.5 Å². The molecular weight excluding hydrogens is 254 g/mol. The van der Waals surface area contributed by atoms with E-state index in [2.05, 4.69) is 15.3 Å². The van der Waals surface area contributed by atoms with E-state index in [0.717, 1.165) is 11.3 Å². The number of nitrogens with zero attached hydrogens (tertiary/aromatic N) is 2. The zero-order valence-electron chi connectivity index (χ0n) is 11.5. The Kier molecular flexibility index (Phi) is 4.10. The Labute approximate surface area is 117 Å². The fourth-order valence-corrected chi connectivity index (χ4v) is 1.82.